The van der Waals surface area contributed by atoms with E-state index in [9.17, 15) is 18.4 Å². The highest BCUT2D eigenvalue weighted by atomic mass is 19.1. The van der Waals surface area contributed by atoms with Crippen LogP contribution in [0.4, 0.5) is 8.78 Å². The number of Topliss-reactive ketones (excluding diaryl/α,β-unsaturated/α-hetero) is 1. The zero-order valence-electron chi connectivity index (χ0n) is 18.3. The van der Waals surface area contributed by atoms with Gasteiger partial charge in [0.05, 0.1) is 12.2 Å². The molecule has 170 valence electrons. The maximum absolute atomic E-state index is 14.4. The molecule has 1 aromatic carbocycles. The van der Waals surface area contributed by atoms with Gasteiger partial charge in [0.2, 0.25) is 5.95 Å². The lowest BCUT2D eigenvalue weighted by molar-refractivity contribution is -0.129. The Balaban J connectivity index is 1.96. The van der Waals surface area contributed by atoms with E-state index in [-0.39, 0.29) is 36.0 Å². The third-order valence-electron chi connectivity index (χ3n) is 5.84. The lowest BCUT2D eigenvalue weighted by Crippen LogP contribution is -2.41. The maximum atomic E-state index is 14.4. The predicted octanol–water partition coefficient (Wildman–Crippen LogP) is 3.28. The SMILES string of the molecule is CCC(=O)c1cc([C@@]2(c3cccc(-c4cccnc4F)c3)N=C(N)N(C)C2=O)cn1CCF. The molecule has 0 saturated heterocycles. The number of nitrogens with zero attached hydrogens (tertiary/aromatic N) is 4. The van der Waals surface area contributed by atoms with E-state index in [0.717, 1.165) is 0 Å². The Labute approximate surface area is 189 Å². The molecule has 1 amide bonds. The minimum Gasteiger partial charge on any atom is -0.369 e. The van der Waals surface area contributed by atoms with E-state index in [4.69, 9.17) is 5.73 Å². The van der Waals surface area contributed by atoms with Crippen molar-refractivity contribution in [2.45, 2.75) is 25.4 Å². The molecule has 0 saturated carbocycles. The molecule has 0 fully saturated rings. The molecule has 9 heteroatoms. The fourth-order valence-corrected chi connectivity index (χ4v) is 4.10. The summed E-state index contributed by atoms with van der Waals surface area (Å²) in [7, 11) is 1.50. The van der Waals surface area contributed by atoms with Crippen LogP contribution in [0, 0.1) is 5.95 Å². The van der Waals surface area contributed by atoms with E-state index in [1.165, 1.54) is 22.7 Å². The normalized spacial score (nSPS) is 18.0. The van der Waals surface area contributed by atoms with Crippen molar-refractivity contribution in [3.63, 3.8) is 0 Å². The topological polar surface area (TPSA) is 93.6 Å². The zero-order valence-corrected chi connectivity index (χ0v) is 18.3. The average Bonchev–Trinajstić information content (AvgIpc) is 3.34. The number of likely N-dealkylation sites (N-methyl/N-ethyl adjacent to an activating group) is 1. The largest absolute Gasteiger partial charge is 0.369 e. The number of pyridine rings is 1. The van der Waals surface area contributed by atoms with E-state index >= 15 is 0 Å². The minimum absolute atomic E-state index is 0.000397. The van der Waals surface area contributed by atoms with Crippen LogP contribution in [0.3, 0.4) is 0 Å². The number of benzene rings is 1. The van der Waals surface area contributed by atoms with E-state index in [2.05, 4.69) is 9.98 Å². The summed E-state index contributed by atoms with van der Waals surface area (Å²) in [4.78, 5) is 35.5. The summed E-state index contributed by atoms with van der Waals surface area (Å²) < 4.78 is 29.1. The summed E-state index contributed by atoms with van der Waals surface area (Å²) in [5, 5.41) is 0. The first-order valence-electron chi connectivity index (χ1n) is 10.5. The molecule has 0 bridgehead atoms. The first-order chi connectivity index (χ1) is 15.8. The molecular weight excluding hydrogens is 428 g/mol. The number of hydrogen-bond acceptors (Lipinski definition) is 5. The molecule has 2 N–H and O–H groups in total. The van der Waals surface area contributed by atoms with Gasteiger partial charge in [-0.05, 0) is 35.4 Å². The highest BCUT2D eigenvalue weighted by molar-refractivity contribution is 6.09. The Morgan fingerprint density at radius 1 is 1.18 bits per heavy atom. The van der Waals surface area contributed by atoms with Crippen molar-refractivity contribution in [2.75, 3.05) is 13.7 Å². The van der Waals surface area contributed by atoms with Gasteiger partial charge in [0.25, 0.3) is 5.91 Å². The van der Waals surface area contributed by atoms with E-state index in [1.54, 1.807) is 55.6 Å². The number of aliphatic imine (C=N–C) groups is 1. The van der Waals surface area contributed by atoms with Gasteiger partial charge in [-0.3, -0.25) is 14.5 Å². The van der Waals surface area contributed by atoms with Crippen molar-refractivity contribution < 1.29 is 18.4 Å². The predicted molar refractivity (Wildman–Crippen MR) is 120 cm³/mol. The molecule has 3 aromatic rings. The van der Waals surface area contributed by atoms with Crippen molar-refractivity contribution in [1.29, 1.82) is 0 Å². The molecule has 0 aliphatic carbocycles. The fraction of sp³-hybridized carbons (Fsp3) is 0.250. The van der Waals surface area contributed by atoms with Crippen LogP contribution in [0.5, 0.6) is 0 Å². The number of aryl methyl sites for hydroxylation is 1. The Hall–Kier alpha value is -3.88. The highest BCUT2D eigenvalue weighted by Gasteiger charge is 2.50. The number of alkyl halides is 1. The number of ketones is 1. The number of rotatable bonds is 7. The Morgan fingerprint density at radius 2 is 1.97 bits per heavy atom. The van der Waals surface area contributed by atoms with Crippen molar-refractivity contribution in [1.82, 2.24) is 14.5 Å². The third kappa shape index (κ3) is 3.59. The number of halogens is 2. The van der Waals surface area contributed by atoms with Gasteiger partial charge in [-0.2, -0.15) is 4.39 Å². The van der Waals surface area contributed by atoms with Gasteiger partial charge in [-0.15, -0.1) is 0 Å². The average molecular weight is 451 g/mol. The smallest absolute Gasteiger partial charge is 0.266 e. The summed E-state index contributed by atoms with van der Waals surface area (Å²) in [5.74, 6) is -1.27. The molecule has 0 spiro atoms. The zero-order chi connectivity index (χ0) is 23.8. The molecule has 1 aliphatic rings. The molecule has 7 nitrogen and oxygen atoms in total. The van der Waals surface area contributed by atoms with Crippen molar-refractivity contribution in [2.24, 2.45) is 10.7 Å². The van der Waals surface area contributed by atoms with Crippen LogP contribution in [-0.2, 0) is 16.9 Å². The van der Waals surface area contributed by atoms with Crippen LogP contribution in [-0.4, -0.2) is 45.8 Å². The number of amides is 1. The van der Waals surface area contributed by atoms with Crippen molar-refractivity contribution >= 4 is 17.6 Å². The Bertz CT molecular complexity index is 1270. The van der Waals surface area contributed by atoms with Crippen LogP contribution in [0.2, 0.25) is 0 Å². The Morgan fingerprint density at radius 3 is 2.61 bits per heavy atom. The first kappa shape index (κ1) is 22.3. The monoisotopic (exact) mass is 451 g/mol. The van der Waals surface area contributed by atoms with Crippen molar-refractivity contribution in [3.8, 4) is 11.1 Å². The standard InChI is InChI=1S/C24H23F2N5O2/c1-3-20(32)19-13-17(14-31(19)11-9-25)24(22(33)30(2)23(27)29-24)16-7-4-6-15(12-16)18-8-5-10-28-21(18)26/h4-8,10,12-14H,3,9,11H2,1-2H3,(H2,27,29)/t24-/m1/s1. The molecule has 33 heavy (non-hydrogen) atoms. The molecule has 2 aromatic heterocycles. The third-order valence-corrected chi connectivity index (χ3v) is 5.84. The second-order valence-corrected chi connectivity index (χ2v) is 7.74. The minimum atomic E-state index is -1.60. The molecular formula is C24H23F2N5O2. The fourth-order valence-electron chi connectivity index (χ4n) is 4.10. The molecule has 1 aliphatic heterocycles. The van der Waals surface area contributed by atoms with E-state index in [0.29, 0.717) is 16.7 Å². The van der Waals surface area contributed by atoms with Gasteiger partial charge >= 0.3 is 0 Å². The second-order valence-electron chi connectivity index (χ2n) is 7.74. The van der Waals surface area contributed by atoms with Crippen LogP contribution in [0.1, 0.15) is 35.0 Å². The summed E-state index contributed by atoms with van der Waals surface area (Å²) in [6, 6.07) is 11.5. The van der Waals surface area contributed by atoms with E-state index < -0.39 is 24.1 Å². The van der Waals surface area contributed by atoms with Crippen molar-refractivity contribution in [3.05, 3.63) is 77.6 Å². The molecule has 0 radical (unpaired) electrons. The number of nitrogens with two attached hydrogens (primary N) is 1. The summed E-state index contributed by atoms with van der Waals surface area (Å²) >= 11 is 0. The summed E-state index contributed by atoms with van der Waals surface area (Å²) in [5.41, 5.74) is 6.31. The number of guanidine groups is 1. The van der Waals surface area contributed by atoms with Gasteiger partial charge in [-0.25, -0.2) is 14.4 Å². The molecule has 4 rings (SSSR count). The van der Waals surface area contributed by atoms with Gasteiger partial charge in [0.1, 0.15) is 6.67 Å². The van der Waals surface area contributed by atoms with Crippen LogP contribution < -0.4 is 5.73 Å². The molecule has 3 heterocycles. The van der Waals surface area contributed by atoms with Crippen LogP contribution >= 0.6 is 0 Å². The number of aromatic nitrogens is 2. The lowest BCUT2D eigenvalue weighted by atomic mass is 9.83. The number of carbonyl (C=O) groups is 2. The summed E-state index contributed by atoms with van der Waals surface area (Å²) in [6.45, 7) is 0.989. The number of carbonyl (C=O) groups excluding carboxylic acids is 2. The van der Waals surface area contributed by atoms with Gasteiger partial charge in [-0.1, -0.05) is 25.1 Å². The number of hydrogen-bond donors (Lipinski definition) is 1. The first-order valence-corrected chi connectivity index (χ1v) is 10.5. The summed E-state index contributed by atoms with van der Waals surface area (Å²) in [6.07, 6.45) is 3.13. The Kier molecular flexibility index (Phi) is 5.80. The lowest BCUT2D eigenvalue weighted by Gasteiger charge is -2.25. The maximum Gasteiger partial charge on any atom is 0.266 e. The van der Waals surface area contributed by atoms with E-state index in [1.807, 2.05) is 0 Å². The quantitative estimate of drug-likeness (QED) is 0.441. The molecule has 1 atom stereocenters. The van der Waals surface area contributed by atoms with Crippen LogP contribution in [0.15, 0.2) is 59.9 Å². The van der Waals surface area contributed by atoms with Gasteiger partial charge in [0, 0.05) is 37.0 Å². The second kappa shape index (κ2) is 8.57. The van der Waals surface area contributed by atoms with Gasteiger partial charge < -0.3 is 10.3 Å². The van der Waals surface area contributed by atoms with Crippen LogP contribution in [0.25, 0.3) is 11.1 Å². The highest BCUT2D eigenvalue weighted by Crippen LogP contribution is 2.41. The van der Waals surface area contributed by atoms with Gasteiger partial charge in [0.15, 0.2) is 17.3 Å². The molecule has 0 unspecified atom stereocenters.